The van der Waals surface area contributed by atoms with Crippen LogP contribution in [0.4, 0.5) is 5.82 Å². The van der Waals surface area contributed by atoms with E-state index in [9.17, 15) is 4.79 Å². The topological polar surface area (TPSA) is 58.1 Å². The second-order valence-electron chi connectivity index (χ2n) is 6.44. The van der Waals surface area contributed by atoms with Crippen LogP contribution >= 0.6 is 0 Å². The number of benzene rings is 1. The Balaban J connectivity index is 1.50. The fourth-order valence-corrected chi connectivity index (χ4v) is 2.91. The third-order valence-corrected chi connectivity index (χ3v) is 4.53. The molecule has 0 aliphatic carbocycles. The Morgan fingerprint density at radius 2 is 1.88 bits per heavy atom. The number of nitrogens with zero attached hydrogens (tertiary/aromatic N) is 3. The van der Waals surface area contributed by atoms with Crippen molar-refractivity contribution in [2.24, 2.45) is 5.92 Å². The van der Waals surface area contributed by atoms with Gasteiger partial charge in [0.1, 0.15) is 0 Å². The van der Waals surface area contributed by atoms with Crippen LogP contribution in [-0.2, 0) is 6.42 Å². The lowest BCUT2D eigenvalue weighted by molar-refractivity contribution is 0.0948. The van der Waals surface area contributed by atoms with E-state index >= 15 is 0 Å². The van der Waals surface area contributed by atoms with E-state index in [0.29, 0.717) is 12.2 Å². The Labute approximate surface area is 143 Å². The molecule has 0 bridgehead atoms. The fraction of sp³-hybridized carbons (Fsp3) is 0.421. The number of nitrogens with one attached hydrogen (secondary N) is 1. The van der Waals surface area contributed by atoms with E-state index in [-0.39, 0.29) is 5.91 Å². The van der Waals surface area contributed by atoms with Gasteiger partial charge in [0.15, 0.2) is 11.5 Å². The molecule has 24 heavy (non-hydrogen) atoms. The first-order valence-electron chi connectivity index (χ1n) is 8.63. The van der Waals surface area contributed by atoms with Gasteiger partial charge in [0.05, 0.1) is 0 Å². The van der Waals surface area contributed by atoms with Crippen molar-refractivity contribution in [3.63, 3.8) is 0 Å². The van der Waals surface area contributed by atoms with Crippen molar-refractivity contribution in [1.29, 1.82) is 0 Å². The molecule has 0 saturated carbocycles. The van der Waals surface area contributed by atoms with E-state index in [1.165, 1.54) is 18.4 Å². The zero-order valence-corrected chi connectivity index (χ0v) is 14.1. The van der Waals surface area contributed by atoms with E-state index < -0.39 is 0 Å². The lowest BCUT2D eigenvalue weighted by Crippen LogP contribution is -2.34. The molecule has 5 nitrogen and oxygen atoms in total. The third-order valence-electron chi connectivity index (χ3n) is 4.53. The number of amides is 1. The summed E-state index contributed by atoms with van der Waals surface area (Å²) in [5.74, 6) is 1.48. The molecule has 1 aliphatic heterocycles. The largest absolute Gasteiger partial charge is 0.355 e. The van der Waals surface area contributed by atoms with Crippen LogP contribution in [0.1, 0.15) is 35.8 Å². The molecule has 0 spiro atoms. The summed E-state index contributed by atoms with van der Waals surface area (Å²) in [5, 5.41) is 11.2. The quantitative estimate of drug-likeness (QED) is 0.919. The van der Waals surface area contributed by atoms with Gasteiger partial charge in [0.25, 0.3) is 5.91 Å². The maximum atomic E-state index is 12.1. The van der Waals surface area contributed by atoms with Gasteiger partial charge in [-0.1, -0.05) is 37.3 Å². The first-order chi connectivity index (χ1) is 11.7. The minimum Gasteiger partial charge on any atom is -0.355 e. The van der Waals surface area contributed by atoms with Gasteiger partial charge in [0, 0.05) is 19.6 Å². The molecule has 1 aromatic heterocycles. The number of carbonyl (C=O) groups is 1. The molecular formula is C19H24N4O. The summed E-state index contributed by atoms with van der Waals surface area (Å²) in [7, 11) is 0. The molecule has 1 saturated heterocycles. The SMILES string of the molecule is CC1CCN(c2ccc(C(=O)NCCc3ccccc3)nn2)CC1. The molecule has 2 aromatic rings. The summed E-state index contributed by atoms with van der Waals surface area (Å²) < 4.78 is 0. The van der Waals surface area contributed by atoms with Crippen molar-refractivity contribution in [2.75, 3.05) is 24.5 Å². The Hall–Kier alpha value is -2.43. The number of aromatic nitrogens is 2. The molecular weight excluding hydrogens is 300 g/mol. The van der Waals surface area contributed by atoms with Crippen LogP contribution in [0.25, 0.3) is 0 Å². The van der Waals surface area contributed by atoms with Crippen LogP contribution in [-0.4, -0.2) is 35.7 Å². The normalized spacial score (nSPS) is 15.3. The Bertz CT molecular complexity index is 649. The highest BCUT2D eigenvalue weighted by molar-refractivity contribution is 5.92. The number of hydrogen-bond acceptors (Lipinski definition) is 4. The van der Waals surface area contributed by atoms with Crippen LogP contribution in [0.5, 0.6) is 0 Å². The number of carbonyl (C=O) groups excluding carboxylic acids is 1. The van der Waals surface area contributed by atoms with Crippen LogP contribution in [0.2, 0.25) is 0 Å². The van der Waals surface area contributed by atoms with Gasteiger partial charge in [-0.2, -0.15) is 0 Å². The molecule has 1 amide bonds. The van der Waals surface area contributed by atoms with Crippen molar-refractivity contribution in [3.8, 4) is 0 Å². The summed E-state index contributed by atoms with van der Waals surface area (Å²) in [6.45, 7) is 4.90. The van der Waals surface area contributed by atoms with Gasteiger partial charge >= 0.3 is 0 Å². The van der Waals surface area contributed by atoms with E-state index in [4.69, 9.17) is 0 Å². The van der Waals surface area contributed by atoms with Crippen molar-refractivity contribution in [3.05, 3.63) is 53.7 Å². The van der Waals surface area contributed by atoms with Crippen LogP contribution < -0.4 is 10.2 Å². The van der Waals surface area contributed by atoms with Gasteiger partial charge < -0.3 is 10.2 Å². The molecule has 2 heterocycles. The smallest absolute Gasteiger partial charge is 0.271 e. The molecule has 1 aliphatic rings. The van der Waals surface area contributed by atoms with E-state index in [0.717, 1.165) is 31.2 Å². The maximum Gasteiger partial charge on any atom is 0.271 e. The number of anilines is 1. The summed E-state index contributed by atoms with van der Waals surface area (Å²) in [6, 6.07) is 13.8. The molecule has 126 valence electrons. The average molecular weight is 324 g/mol. The Kier molecular flexibility index (Phi) is 5.41. The number of piperidine rings is 1. The minimum atomic E-state index is -0.169. The molecule has 0 atom stereocenters. The predicted octanol–water partition coefficient (Wildman–Crippen LogP) is 2.69. The van der Waals surface area contributed by atoms with Crippen LogP contribution in [0.3, 0.4) is 0 Å². The zero-order chi connectivity index (χ0) is 16.8. The number of rotatable bonds is 5. The lowest BCUT2D eigenvalue weighted by atomic mass is 9.99. The second kappa shape index (κ2) is 7.90. The molecule has 1 N–H and O–H groups in total. The monoisotopic (exact) mass is 324 g/mol. The van der Waals surface area contributed by atoms with Gasteiger partial charge in [0.2, 0.25) is 0 Å². The molecule has 1 aromatic carbocycles. The average Bonchev–Trinajstić information content (AvgIpc) is 2.63. The highest BCUT2D eigenvalue weighted by atomic mass is 16.1. The summed E-state index contributed by atoms with van der Waals surface area (Å²) in [6.07, 6.45) is 3.18. The lowest BCUT2D eigenvalue weighted by Gasteiger charge is -2.30. The van der Waals surface area contributed by atoms with Crippen molar-refractivity contribution in [1.82, 2.24) is 15.5 Å². The van der Waals surface area contributed by atoms with Crippen molar-refractivity contribution < 1.29 is 4.79 Å². The van der Waals surface area contributed by atoms with Gasteiger partial charge in [-0.15, -0.1) is 10.2 Å². The second-order valence-corrected chi connectivity index (χ2v) is 6.44. The molecule has 3 rings (SSSR count). The first-order valence-corrected chi connectivity index (χ1v) is 8.63. The molecule has 1 fully saturated rings. The maximum absolute atomic E-state index is 12.1. The predicted molar refractivity (Wildman–Crippen MR) is 95.1 cm³/mol. The van der Waals surface area contributed by atoms with Gasteiger partial charge in [-0.25, -0.2) is 0 Å². The van der Waals surface area contributed by atoms with Crippen molar-refractivity contribution >= 4 is 11.7 Å². The fourth-order valence-electron chi connectivity index (χ4n) is 2.91. The minimum absolute atomic E-state index is 0.169. The van der Waals surface area contributed by atoms with Crippen molar-refractivity contribution in [2.45, 2.75) is 26.2 Å². The first kappa shape index (κ1) is 16.4. The highest BCUT2D eigenvalue weighted by Gasteiger charge is 2.17. The van der Waals surface area contributed by atoms with Gasteiger partial charge in [-0.05, 0) is 42.9 Å². The van der Waals surface area contributed by atoms with Crippen LogP contribution in [0.15, 0.2) is 42.5 Å². The van der Waals surface area contributed by atoms with E-state index in [2.05, 4.69) is 39.5 Å². The summed E-state index contributed by atoms with van der Waals surface area (Å²) in [5.41, 5.74) is 1.58. The standard InChI is InChI=1S/C19H24N4O/c1-15-10-13-23(14-11-15)18-8-7-17(21-22-18)19(24)20-12-9-16-5-3-2-4-6-16/h2-8,15H,9-14H2,1H3,(H,20,24). The van der Waals surface area contributed by atoms with E-state index in [1.807, 2.05) is 24.3 Å². The third kappa shape index (κ3) is 4.31. The summed E-state index contributed by atoms with van der Waals surface area (Å²) in [4.78, 5) is 14.4. The van der Waals surface area contributed by atoms with E-state index in [1.54, 1.807) is 6.07 Å². The Morgan fingerprint density at radius 1 is 1.12 bits per heavy atom. The van der Waals surface area contributed by atoms with Gasteiger partial charge in [-0.3, -0.25) is 4.79 Å². The number of hydrogen-bond donors (Lipinski definition) is 1. The zero-order valence-electron chi connectivity index (χ0n) is 14.1. The molecule has 5 heteroatoms. The summed E-state index contributed by atoms with van der Waals surface area (Å²) >= 11 is 0. The molecule has 0 radical (unpaired) electrons. The Morgan fingerprint density at radius 3 is 2.54 bits per heavy atom. The molecule has 0 unspecified atom stereocenters. The van der Waals surface area contributed by atoms with Crippen LogP contribution in [0, 0.1) is 5.92 Å². The highest BCUT2D eigenvalue weighted by Crippen LogP contribution is 2.20.